The highest BCUT2D eigenvalue weighted by molar-refractivity contribution is 7.99. The van der Waals surface area contributed by atoms with E-state index in [0.29, 0.717) is 5.16 Å². The Morgan fingerprint density at radius 3 is 2.78 bits per heavy atom. The van der Waals surface area contributed by atoms with E-state index in [1.807, 2.05) is 0 Å². The minimum Gasteiger partial charge on any atom is -0.398 e. The first-order chi connectivity index (χ1) is 8.49. The number of hydrogen-bond donors (Lipinski definition) is 2. The number of hydrogen-bond acceptors (Lipinski definition) is 5. The van der Waals surface area contributed by atoms with E-state index in [0.717, 1.165) is 17.8 Å². The van der Waals surface area contributed by atoms with E-state index in [1.54, 1.807) is 11.6 Å². The van der Waals surface area contributed by atoms with Gasteiger partial charge in [0.05, 0.1) is 10.5 Å². The van der Waals surface area contributed by atoms with Gasteiger partial charge in [0.15, 0.2) is 5.16 Å². The lowest BCUT2D eigenvalue weighted by molar-refractivity contribution is 0.100. The van der Waals surface area contributed by atoms with E-state index in [9.17, 15) is 9.18 Å². The van der Waals surface area contributed by atoms with Crippen molar-refractivity contribution in [2.75, 3.05) is 5.73 Å². The standard InChI is InChI=1S/C10H10FN5OS/c1-16-4-14-15-10(16)18-8-2-5(9(13)17)7(12)3-6(8)11/h2-4H,12H2,1H3,(H2,13,17). The van der Waals surface area contributed by atoms with Crippen LogP contribution in [0.4, 0.5) is 10.1 Å². The second-order valence-electron chi connectivity index (χ2n) is 3.56. The number of aryl methyl sites for hydroxylation is 1. The van der Waals surface area contributed by atoms with Gasteiger partial charge < -0.3 is 16.0 Å². The molecule has 1 heterocycles. The zero-order valence-electron chi connectivity index (χ0n) is 9.42. The molecule has 6 nitrogen and oxygen atoms in total. The molecule has 0 radical (unpaired) electrons. The molecule has 0 aliphatic rings. The fourth-order valence-electron chi connectivity index (χ4n) is 1.32. The number of amides is 1. The lowest BCUT2D eigenvalue weighted by Gasteiger charge is -2.07. The molecule has 8 heteroatoms. The highest BCUT2D eigenvalue weighted by Crippen LogP contribution is 2.30. The number of aromatic nitrogens is 3. The molecular formula is C10H10FN5OS. The molecule has 0 spiro atoms. The number of nitrogens with two attached hydrogens (primary N) is 2. The van der Waals surface area contributed by atoms with Crippen LogP contribution in [-0.4, -0.2) is 20.7 Å². The average molecular weight is 267 g/mol. The Hall–Kier alpha value is -2.09. The number of nitrogens with zero attached hydrogens (tertiary/aromatic N) is 3. The molecule has 0 bridgehead atoms. The second kappa shape index (κ2) is 4.65. The normalized spacial score (nSPS) is 10.6. The minimum atomic E-state index is -0.702. The molecule has 0 aliphatic carbocycles. The van der Waals surface area contributed by atoms with Crippen LogP contribution in [0.15, 0.2) is 28.5 Å². The molecule has 1 aromatic heterocycles. The van der Waals surface area contributed by atoms with Crippen LogP contribution in [-0.2, 0) is 7.05 Å². The molecule has 0 aliphatic heterocycles. The summed E-state index contributed by atoms with van der Waals surface area (Å²) in [6.07, 6.45) is 1.49. The number of rotatable bonds is 3. The van der Waals surface area contributed by atoms with Crippen molar-refractivity contribution in [2.24, 2.45) is 12.8 Å². The first kappa shape index (κ1) is 12.4. The number of carbonyl (C=O) groups excluding carboxylic acids is 1. The Morgan fingerprint density at radius 1 is 1.50 bits per heavy atom. The maximum absolute atomic E-state index is 13.7. The molecule has 4 N–H and O–H groups in total. The molecule has 1 aromatic carbocycles. The lowest BCUT2D eigenvalue weighted by atomic mass is 10.1. The summed E-state index contributed by atoms with van der Waals surface area (Å²) in [6.45, 7) is 0. The zero-order chi connectivity index (χ0) is 13.3. The predicted molar refractivity (Wildman–Crippen MR) is 64.5 cm³/mol. The smallest absolute Gasteiger partial charge is 0.250 e. The Kier molecular flexibility index (Phi) is 3.19. The fourth-order valence-corrected chi connectivity index (χ4v) is 2.13. The van der Waals surface area contributed by atoms with Crippen molar-refractivity contribution >= 4 is 23.4 Å². The molecule has 2 aromatic rings. The van der Waals surface area contributed by atoms with Gasteiger partial charge in [-0.15, -0.1) is 10.2 Å². The summed E-state index contributed by atoms with van der Waals surface area (Å²) < 4.78 is 15.3. The van der Waals surface area contributed by atoms with Gasteiger partial charge in [0.2, 0.25) is 0 Å². The van der Waals surface area contributed by atoms with Crippen LogP contribution in [0.5, 0.6) is 0 Å². The van der Waals surface area contributed by atoms with E-state index < -0.39 is 11.7 Å². The van der Waals surface area contributed by atoms with Gasteiger partial charge in [0, 0.05) is 12.7 Å². The Labute approximate surface area is 106 Å². The summed E-state index contributed by atoms with van der Waals surface area (Å²) >= 11 is 1.04. The third-order valence-electron chi connectivity index (χ3n) is 2.24. The van der Waals surface area contributed by atoms with Gasteiger partial charge in [-0.2, -0.15) is 0 Å². The molecule has 94 valence electrons. The molecule has 2 rings (SSSR count). The monoisotopic (exact) mass is 267 g/mol. The number of carbonyl (C=O) groups is 1. The lowest BCUT2D eigenvalue weighted by Crippen LogP contribution is -2.14. The number of nitrogen functional groups attached to an aromatic ring is 1. The number of benzene rings is 1. The number of anilines is 1. The summed E-state index contributed by atoms with van der Waals surface area (Å²) in [6, 6.07) is 2.38. The van der Waals surface area contributed by atoms with Crippen molar-refractivity contribution in [3.8, 4) is 0 Å². The van der Waals surface area contributed by atoms with Crippen LogP contribution in [0.2, 0.25) is 0 Å². The molecular weight excluding hydrogens is 257 g/mol. The number of primary amides is 1. The van der Waals surface area contributed by atoms with Gasteiger partial charge in [-0.3, -0.25) is 4.79 Å². The molecule has 1 amide bonds. The molecule has 0 saturated heterocycles. The first-order valence-corrected chi connectivity index (χ1v) is 5.71. The Balaban J connectivity index is 2.42. The third-order valence-corrected chi connectivity index (χ3v) is 3.33. The quantitative estimate of drug-likeness (QED) is 0.801. The molecule has 0 unspecified atom stereocenters. The highest BCUT2D eigenvalue weighted by Gasteiger charge is 2.14. The van der Waals surface area contributed by atoms with Crippen LogP contribution in [0.1, 0.15) is 10.4 Å². The van der Waals surface area contributed by atoms with Gasteiger partial charge in [0.1, 0.15) is 12.1 Å². The van der Waals surface area contributed by atoms with Crippen LogP contribution < -0.4 is 11.5 Å². The van der Waals surface area contributed by atoms with E-state index in [1.165, 1.54) is 12.4 Å². The van der Waals surface area contributed by atoms with Crippen LogP contribution in [0.25, 0.3) is 0 Å². The molecule has 0 fully saturated rings. The van der Waals surface area contributed by atoms with Gasteiger partial charge >= 0.3 is 0 Å². The topological polar surface area (TPSA) is 99.8 Å². The van der Waals surface area contributed by atoms with Gasteiger partial charge in [-0.05, 0) is 23.9 Å². The molecule has 0 atom stereocenters. The van der Waals surface area contributed by atoms with E-state index in [2.05, 4.69) is 10.2 Å². The summed E-state index contributed by atoms with van der Waals surface area (Å²) in [5.41, 5.74) is 10.8. The summed E-state index contributed by atoms with van der Waals surface area (Å²) in [5, 5.41) is 7.98. The van der Waals surface area contributed by atoms with Crippen molar-refractivity contribution < 1.29 is 9.18 Å². The number of halogens is 1. The zero-order valence-corrected chi connectivity index (χ0v) is 10.2. The maximum atomic E-state index is 13.7. The third kappa shape index (κ3) is 2.28. The summed E-state index contributed by atoms with van der Waals surface area (Å²) in [7, 11) is 1.73. The van der Waals surface area contributed by atoms with E-state index >= 15 is 0 Å². The van der Waals surface area contributed by atoms with Crippen LogP contribution in [0, 0.1) is 5.82 Å². The highest BCUT2D eigenvalue weighted by atomic mass is 32.2. The predicted octanol–water partition coefficient (Wildman–Crippen LogP) is 0.786. The summed E-state index contributed by atoms with van der Waals surface area (Å²) in [4.78, 5) is 11.3. The van der Waals surface area contributed by atoms with Gasteiger partial charge in [0.25, 0.3) is 5.91 Å². The second-order valence-corrected chi connectivity index (χ2v) is 4.57. The van der Waals surface area contributed by atoms with Crippen molar-refractivity contribution in [1.29, 1.82) is 0 Å². The summed E-state index contributed by atoms with van der Waals surface area (Å²) in [5.74, 6) is -1.24. The Morgan fingerprint density at radius 2 is 2.22 bits per heavy atom. The van der Waals surface area contributed by atoms with Crippen LogP contribution in [0.3, 0.4) is 0 Å². The van der Waals surface area contributed by atoms with Crippen LogP contribution >= 0.6 is 11.8 Å². The van der Waals surface area contributed by atoms with Gasteiger partial charge in [-0.1, -0.05) is 0 Å². The fraction of sp³-hybridized carbons (Fsp3) is 0.100. The average Bonchev–Trinajstić information content (AvgIpc) is 2.67. The van der Waals surface area contributed by atoms with Crippen molar-refractivity contribution in [1.82, 2.24) is 14.8 Å². The van der Waals surface area contributed by atoms with Crippen molar-refractivity contribution in [3.05, 3.63) is 29.8 Å². The Bertz CT molecular complexity index is 612. The van der Waals surface area contributed by atoms with Crippen molar-refractivity contribution in [3.63, 3.8) is 0 Å². The van der Waals surface area contributed by atoms with Gasteiger partial charge in [-0.25, -0.2) is 4.39 Å². The SMILES string of the molecule is Cn1cnnc1Sc1cc(C(N)=O)c(N)cc1F. The van der Waals surface area contributed by atoms with E-state index in [-0.39, 0.29) is 16.1 Å². The molecule has 18 heavy (non-hydrogen) atoms. The molecule has 0 saturated carbocycles. The van der Waals surface area contributed by atoms with E-state index in [4.69, 9.17) is 11.5 Å². The minimum absolute atomic E-state index is 0.0160. The van der Waals surface area contributed by atoms with Crippen molar-refractivity contribution in [2.45, 2.75) is 10.1 Å². The first-order valence-electron chi connectivity index (χ1n) is 4.89. The maximum Gasteiger partial charge on any atom is 0.250 e. The largest absolute Gasteiger partial charge is 0.398 e.